The molecule has 1 atom stereocenters. The summed E-state index contributed by atoms with van der Waals surface area (Å²) in [7, 11) is 0. The number of aromatic nitrogens is 3. The Balaban J connectivity index is 1.46. The molecule has 3 heterocycles. The van der Waals surface area contributed by atoms with Gasteiger partial charge >= 0.3 is 0 Å². The molecule has 7 nitrogen and oxygen atoms in total. The minimum atomic E-state index is -0.222. The van der Waals surface area contributed by atoms with Gasteiger partial charge < -0.3 is 10.2 Å². The van der Waals surface area contributed by atoms with Crippen LogP contribution in [-0.4, -0.2) is 38.9 Å². The maximum atomic E-state index is 12.6. The average Bonchev–Trinajstić information content (AvgIpc) is 3.32. The monoisotopic (exact) mass is 347 g/mol. The number of nitrogens with one attached hydrogen (secondary N) is 1. The number of rotatable bonds is 4. The number of carbonyl (C=O) groups is 2. The van der Waals surface area contributed by atoms with Gasteiger partial charge in [0.25, 0.3) is 5.91 Å². The third-order valence-corrected chi connectivity index (χ3v) is 4.30. The Hall–Kier alpha value is -3.48. The molecule has 26 heavy (non-hydrogen) atoms. The summed E-state index contributed by atoms with van der Waals surface area (Å²) in [6.07, 6.45) is 6.91. The first-order valence-electron chi connectivity index (χ1n) is 8.31. The minimum Gasteiger partial charge on any atom is -0.347 e. The molecule has 0 aliphatic carbocycles. The van der Waals surface area contributed by atoms with E-state index in [4.69, 9.17) is 0 Å². The molecule has 1 aliphatic heterocycles. The molecule has 0 unspecified atom stereocenters. The zero-order valence-corrected chi connectivity index (χ0v) is 13.9. The van der Waals surface area contributed by atoms with Gasteiger partial charge in [0.05, 0.1) is 6.04 Å². The molecule has 0 bridgehead atoms. The highest BCUT2D eigenvalue weighted by atomic mass is 16.2. The predicted molar refractivity (Wildman–Crippen MR) is 96.0 cm³/mol. The number of anilines is 1. The van der Waals surface area contributed by atoms with Crippen LogP contribution in [0.4, 0.5) is 5.69 Å². The van der Waals surface area contributed by atoms with Crippen LogP contribution in [0.15, 0.2) is 67.4 Å². The fraction of sp³-hybridized carbons (Fsp3) is 0.158. The van der Waals surface area contributed by atoms with E-state index in [1.165, 1.54) is 0 Å². The van der Waals surface area contributed by atoms with Gasteiger partial charge in [-0.05, 0) is 24.3 Å². The first-order valence-corrected chi connectivity index (χ1v) is 8.31. The second-order valence-corrected chi connectivity index (χ2v) is 6.09. The summed E-state index contributed by atoms with van der Waals surface area (Å²) < 4.78 is 1.73. The quantitative estimate of drug-likeness (QED) is 0.780. The lowest BCUT2D eigenvalue weighted by molar-refractivity contribution is -0.117. The summed E-state index contributed by atoms with van der Waals surface area (Å²) in [5.74, 6) is 0.403. The van der Waals surface area contributed by atoms with Gasteiger partial charge in [-0.15, -0.1) is 0 Å². The molecule has 2 aromatic heterocycles. The van der Waals surface area contributed by atoms with Crippen molar-refractivity contribution in [3.63, 3.8) is 0 Å². The molecule has 130 valence electrons. The SMILES string of the molecule is O=C(N[C@@H]1CC(=O)N(c2ccccc2)C1)c1ccnc(-n2ccnc2)c1. The van der Waals surface area contributed by atoms with Gasteiger partial charge in [-0.25, -0.2) is 9.97 Å². The summed E-state index contributed by atoms with van der Waals surface area (Å²) in [5.41, 5.74) is 1.34. The van der Waals surface area contributed by atoms with Crippen molar-refractivity contribution in [2.45, 2.75) is 12.5 Å². The number of pyridine rings is 1. The van der Waals surface area contributed by atoms with E-state index in [1.807, 2.05) is 30.3 Å². The first-order chi connectivity index (χ1) is 12.7. The number of amides is 2. The number of hydrogen-bond donors (Lipinski definition) is 1. The zero-order chi connectivity index (χ0) is 17.9. The molecule has 1 aliphatic rings. The average molecular weight is 347 g/mol. The first kappa shape index (κ1) is 16.0. The van der Waals surface area contributed by atoms with E-state index in [0.29, 0.717) is 24.3 Å². The molecular formula is C19H17N5O2. The molecule has 1 aromatic carbocycles. The molecule has 1 saturated heterocycles. The maximum absolute atomic E-state index is 12.6. The van der Waals surface area contributed by atoms with Crippen molar-refractivity contribution >= 4 is 17.5 Å². The van der Waals surface area contributed by atoms with Gasteiger partial charge in [0, 0.05) is 42.8 Å². The van der Waals surface area contributed by atoms with Gasteiger partial charge in [0.2, 0.25) is 5.91 Å². The minimum absolute atomic E-state index is 0.00957. The van der Waals surface area contributed by atoms with Crippen LogP contribution >= 0.6 is 0 Å². The topological polar surface area (TPSA) is 80.1 Å². The smallest absolute Gasteiger partial charge is 0.251 e. The van der Waals surface area contributed by atoms with Crippen molar-refractivity contribution in [2.24, 2.45) is 0 Å². The van der Waals surface area contributed by atoms with Gasteiger partial charge in [-0.2, -0.15) is 0 Å². The zero-order valence-electron chi connectivity index (χ0n) is 13.9. The normalized spacial score (nSPS) is 16.7. The Bertz CT molecular complexity index is 924. The van der Waals surface area contributed by atoms with Gasteiger partial charge in [-0.1, -0.05) is 18.2 Å². The van der Waals surface area contributed by atoms with Crippen molar-refractivity contribution < 1.29 is 9.59 Å². The Morgan fingerprint density at radius 1 is 1.15 bits per heavy atom. The van der Waals surface area contributed by atoms with Crippen LogP contribution in [0, 0.1) is 0 Å². The third-order valence-electron chi connectivity index (χ3n) is 4.30. The largest absolute Gasteiger partial charge is 0.347 e. The number of benzene rings is 1. The molecular weight excluding hydrogens is 330 g/mol. The lowest BCUT2D eigenvalue weighted by Crippen LogP contribution is -2.37. The van der Waals surface area contributed by atoms with E-state index in [0.717, 1.165) is 5.69 Å². The summed E-state index contributed by atoms with van der Waals surface area (Å²) >= 11 is 0. The van der Waals surface area contributed by atoms with E-state index < -0.39 is 0 Å². The van der Waals surface area contributed by atoms with Crippen LogP contribution in [0.5, 0.6) is 0 Å². The van der Waals surface area contributed by atoms with E-state index in [9.17, 15) is 9.59 Å². The second-order valence-electron chi connectivity index (χ2n) is 6.09. The number of carbonyl (C=O) groups excluding carboxylic acids is 2. The molecule has 4 rings (SSSR count). The van der Waals surface area contributed by atoms with Crippen LogP contribution < -0.4 is 10.2 Å². The molecule has 0 saturated carbocycles. The molecule has 3 aromatic rings. The molecule has 2 amide bonds. The molecule has 0 spiro atoms. The Kier molecular flexibility index (Phi) is 4.18. The second kappa shape index (κ2) is 6.79. The molecule has 7 heteroatoms. The van der Waals surface area contributed by atoms with Crippen LogP contribution in [0.25, 0.3) is 5.82 Å². The highest BCUT2D eigenvalue weighted by Crippen LogP contribution is 2.21. The van der Waals surface area contributed by atoms with Gasteiger partial charge in [0.15, 0.2) is 0 Å². The van der Waals surface area contributed by atoms with Crippen molar-refractivity contribution in [3.05, 3.63) is 72.9 Å². The number of hydrogen-bond acceptors (Lipinski definition) is 4. The fourth-order valence-corrected chi connectivity index (χ4v) is 3.03. The van der Waals surface area contributed by atoms with Gasteiger partial charge in [-0.3, -0.25) is 14.2 Å². The van der Waals surface area contributed by atoms with E-state index in [-0.39, 0.29) is 17.9 Å². The van der Waals surface area contributed by atoms with Crippen molar-refractivity contribution in [3.8, 4) is 5.82 Å². The third kappa shape index (κ3) is 3.19. The lowest BCUT2D eigenvalue weighted by atomic mass is 10.2. The van der Waals surface area contributed by atoms with Crippen LogP contribution in [0.1, 0.15) is 16.8 Å². The molecule has 1 fully saturated rings. The Morgan fingerprint density at radius 3 is 2.77 bits per heavy atom. The summed E-state index contributed by atoms with van der Waals surface area (Å²) in [6.45, 7) is 0.466. The van der Waals surface area contributed by atoms with E-state index in [1.54, 1.807) is 46.5 Å². The summed E-state index contributed by atoms with van der Waals surface area (Å²) in [5, 5.41) is 2.94. The molecule has 1 N–H and O–H groups in total. The summed E-state index contributed by atoms with van der Waals surface area (Å²) in [4.78, 5) is 34.8. The van der Waals surface area contributed by atoms with Crippen molar-refractivity contribution in [2.75, 3.05) is 11.4 Å². The van der Waals surface area contributed by atoms with Crippen LogP contribution in [-0.2, 0) is 4.79 Å². The lowest BCUT2D eigenvalue weighted by Gasteiger charge is -2.17. The molecule has 0 radical (unpaired) electrons. The van der Waals surface area contributed by atoms with Crippen LogP contribution in [0.3, 0.4) is 0 Å². The Morgan fingerprint density at radius 2 is 2.00 bits per heavy atom. The van der Waals surface area contributed by atoms with E-state index >= 15 is 0 Å². The summed E-state index contributed by atoms with van der Waals surface area (Å²) in [6, 6.07) is 12.6. The standard InChI is InChI=1S/C19H17N5O2/c25-18-11-15(12-24(18)16-4-2-1-3-5-16)22-19(26)14-6-7-21-17(10-14)23-9-8-20-13-23/h1-10,13,15H,11-12H2,(H,22,26)/t15-/m1/s1. The predicted octanol–water partition coefficient (Wildman–Crippen LogP) is 1.80. The van der Waals surface area contributed by atoms with Crippen LogP contribution in [0.2, 0.25) is 0 Å². The fourth-order valence-electron chi connectivity index (χ4n) is 3.03. The van der Waals surface area contributed by atoms with Gasteiger partial charge in [0.1, 0.15) is 12.1 Å². The highest BCUT2D eigenvalue weighted by molar-refractivity contribution is 5.99. The number of nitrogens with zero attached hydrogens (tertiary/aromatic N) is 4. The van der Waals surface area contributed by atoms with Crippen molar-refractivity contribution in [1.29, 1.82) is 0 Å². The van der Waals surface area contributed by atoms with E-state index in [2.05, 4.69) is 15.3 Å². The number of imidazole rings is 1. The Labute approximate surface area is 150 Å². The maximum Gasteiger partial charge on any atom is 0.251 e. The van der Waals surface area contributed by atoms with Crippen molar-refractivity contribution in [1.82, 2.24) is 19.9 Å². The highest BCUT2D eigenvalue weighted by Gasteiger charge is 2.31. The number of para-hydroxylation sites is 1.